The third kappa shape index (κ3) is 3.46. The Morgan fingerprint density at radius 1 is 1.35 bits per heavy atom. The van der Waals surface area contributed by atoms with Gasteiger partial charge < -0.3 is 10.7 Å². The number of amides is 1. The van der Waals surface area contributed by atoms with E-state index < -0.39 is 0 Å². The number of H-pyrrole nitrogens is 1. The van der Waals surface area contributed by atoms with E-state index in [4.69, 9.17) is 5.73 Å². The number of nitrogens with zero attached hydrogens (tertiary/aromatic N) is 1. The number of aromatic amines is 1. The maximum Gasteiger partial charge on any atom is 0.260 e. The first-order valence-electron chi connectivity index (χ1n) is 6.98. The van der Waals surface area contributed by atoms with Crippen LogP contribution in [0.25, 0.3) is 21.3 Å². The zero-order valence-corrected chi connectivity index (χ0v) is 14.1. The largest absolute Gasteiger partial charge is 0.369 e. The molecule has 0 atom stereocenters. The molecule has 3 aromatic rings. The molecule has 3 rings (SSSR count). The van der Waals surface area contributed by atoms with Crippen LogP contribution < -0.4 is 11.3 Å². The maximum absolute atomic E-state index is 12.4. The summed E-state index contributed by atoms with van der Waals surface area (Å²) in [6.07, 6.45) is 0. The minimum absolute atomic E-state index is 0.151. The highest BCUT2D eigenvalue weighted by Crippen LogP contribution is 2.31. The van der Waals surface area contributed by atoms with Crippen LogP contribution in [0.2, 0.25) is 0 Å². The zero-order valence-electron chi connectivity index (χ0n) is 12.5. The molecular weight excluding hydrogens is 330 g/mol. The van der Waals surface area contributed by atoms with Gasteiger partial charge in [0.1, 0.15) is 10.7 Å². The molecule has 7 heteroatoms. The second-order valence-corrected chi connectivity index (χ2v) is 7.01. The predicted molar refractivity (Wildman–Crippen MR) is 95.8 cm³/mol. The Hall–Kier alpha value is -2.12. The van der Waals surface area contributed by atoms with Gasteiger partial charge in [-0.05, 0) is 12.5 Å². The fourth-order valence-electron chi connectivity index (χ4n) is 2.26. The Bertz CT molecular complexity index is 913. The van der Waals surface area contributed by atoms with E-state index in [-0.39, 0.29) is 17.2 Å². The van der Waals surface area contributed by atoms with Gasteiger partial charge in [-0.1, -0.05) is 29.8 Å². The quantitative estimate of drug-likeness (QED) is 0.744. The second kappa shape index (κ2) is 6.55. The predicted octanol–water partition coefficient (Wildman–Crippen LogP) is 2.68. The lowest BCUT2D eigenvalue weighted by atomic mass is 10.1. The van der Waals surface area contributed by atoms with Crippen molar-refractivity contribution in [2.45, 2.75) is 12.7 Å². The average Bonchev–Trinajstić information content (AvgIpc) is 2.92. The Morgan fingerprint density at radius 2 is 2.09 bits per heavy atom. The van der Waals surface area contributed by atoms with Crippen LogP contribution in [0, 0.1) is 6.92 Å². The standard InChI is InChI=1S/C16H15N3O2S2/c1-9-2-4-10(5-3-9)11-6-23-16-14(11)15(21)18-13(19-16)8-22-7-12(17)20/h2-6H,7-8H2,1H3,(H2,17,20)(H,18,19,21). The number of aryl methyl sites for hydroxylation is 1. The van der Waals surface area contributed by atoms with Crippen LogP contribution in [0.1, 0.15) is 11.4 Å². The number of aromatic nitrogens is 2. The lowest BCUT2D eigenvalue weighted by Gasteiger charge is -2.02. The number of carbonyl (C=O) groups is 1. The first-order chi connectivity index (χ1) is 11.0. The summed E-state index contributed by atoms with van der Waals surface area (Å²) in [7, 11) is 0. The smallest absolute Gasteiger partial charge is 0.260 e. The summed E-state index contributed by atoms with van der Waals surface area (Å²) < 4.78 is 0. The Labute approximate surface area is 140 Å². The maximum atomic E-state index is 12.4. The van der Waals surface area contributed by atoms with Gasteiger partial charge in [0.05, 0.1) is 16.9 Å². The highest BCUT2D eigenvalue weighted by molar-refractivity contribution is 7.99. The van der Waals surface area contributed by atoms with Gasteiger partial charge in [0.25, 0.3) is 5.56 Å². The van der Waals surface area contributed by atoms with Gasteiger partial charge in [-0.25, -0.2) is 4.98 Å². The molecule has 1 aromatic carbocycles. The lowest BCUT2D eigenvalue weighted by Crippen LogP contribution is -2.14. The molecule has 0 fully saturated rings. The van der Waals surface area contributed by atoms with Crippen molar-refractivity contribution in [3.05, 3.63) is 51.4 Å². The number of thioether (sulfide) groups is 1. The monoisotopic (exact) mass is 345 g/mol. The van der Waals surface area contributed by atoms with Crippen molar-refractivity contribution in [2.24, 2.45) is 5.73 Å². The number of thiophene rings is 1. The summed E-state index contributed by atoms with van der Waals surface area (Å²) in [6.45, 7) is 2.03. The van der Waals surface area contributed by atoms with Crippen LogP contribution in [0.5, 0.6) is 0 Å². The summed E-state index contributed by atoms with van der Waals surface area (Å²) in [5.41, 5.74) is 8.03. The number of hydrogen-bond donors (Lipinski definition) is 2. The third-order valence-corrected chi connectivity index (χ3v) is 5.18. The van der Waals surface area contributed by atoms with Crippen LogP contribution >= 0.6 is 23.1 Å². The lowest BCUT2D eigenvalue weighted by molar-refractivity contribution is -0.115. The number of hydrogen-bond acceptors (Lipinski definition) is 5. The van der Waals surface area contributed by atoms with Crippen molar-refractivity contribution in [2.75, 3.05) is 5.75 Å². The fourth-order valence-corrected chi connectivity index (χ4v) is 3.86. The van der Waals surface area contributed by atoms with Gasteiger partial charge in [0.2, 0.25) is 5.91 Å². The Balaban J connectivity index is 1.96. The SMILES string of the molecule is Cc1ccc(-c2csc3nc(CSCC(N)=O)[nH]c(=O)c23)cc1. The third-order valence-electron chi connectivity index (χ3n) is 3.34. The Kier molecular flexibility index (Phi) is 4.49. The molecule has 0 bridgehead atoms. The van der Waals surface area contributed by atoms with E-state index in [1.807, 2.05) is 36.6 Å². The molecule has 5 nitrogen and oxygen atoms in total. The fraction of sp³-hybridized carbons (Fsp3) is 0.188. The summed E-state index contributed by atoms with van der Waals surface area (Å²) in [5.74, 6) is 0.842. The molecule has 0 saturated carbocycles. The summed E-state index contributed by atoms with van der Waals surface area (Å²) in [6, 6.07) is 8.06. The molecule has 1 amide bonds. The number of carbonyl (C=O) groups excluding carboxylic acids is 1. The molecule has 0 radical (unpaired) electrons. The molecule has 23 heavy (non-hydrogen) atoms. The number of primary amides is 1. The topological polar surface area (TPSA) is 88.8 Å². The van der Waals surface area contributed by atoms with Crippen molar-refractivity contribution in [3.63, 3.8) is 0 Å². The van der Waals surface area contributed by atoms with Crippen LogP contribution in [0.4, 0.5) is 0 Å². The Morgan fingerprint density at radius 3 is 2.78 bits per heavy atom. The highest BCUT2D eigenvalue weighted by Gasteiger charge is 2.13. The van der Waals surface area contributed by atoms with E-state index in [9.17, 15) is 9.59 Å². The molecule has 0 aliphatic rings. The van der Waals surface area contributed by atoms with Crippen molar-refractivity contribution in [3.8, 4) is 11.1 Å². The zero-order chi connectivity index (χ0) is 16.4. The van der Waals surface area contributed by atoms with Crippen molar-refractivity contribution >= 4 is 39.2 Å². The first-order valence-corrected chi connectivity index (χ1v) is 9.01. The van der Waals surface area contributed by atoms with Gasteiger partial charge in [0, 0.05) is 10.9 Å². The minimum Gasteiger partial charge on any atom is -0.369 e. The van der Waals surface area contributed by atoms with Crippen LogP contribution in [-0.4, -0.2) is 21.6 Å². The van der Waals surface area contributed by atoms with Crippen molar-refractivity contribution < 1.29 is 4.79 Å². The molecule has 0 aliphatic carbocycles. The minimum atomic E-state index is -0.379. The van der Waals surface area contributed by atoms with E-state index in [2.05, 4.69) is 9.97 Å². The van der Waals surface area contributed by atoms with E-state index in [1.54, 1.807) is 0 Å². The molecule has 3 N–H and O–H groups in total. The molecular formula is C16H15N3O2S2. The van der Waals surface area contributed by atoms with Gasteiger partial charge in [-0.3, -0.25) is 9.59 Å². The van der Waals surface area contributed by atoms with Gasteiger partial charge in [-0.15, -0.1) is 23.1 Å². The normalized spacial score (nSPS) is 11.0. The van der Waals surface area contributed by atoms with Crippen molar-refractivity contribution in [1.29, 1.82) is 0 Å². The van der Waals surface area contributed by atoms with E-state index in [0.717, 1.165) is 11.1 Å². The second-order valence-electron chi connectivity index (χ2n) is 5.17. The summed E-state index contributed by atoms with van der Waals surface area (Å²) in [4.78, 5) is 31.2. The molecule has 0 aliphatic heterocycles. The molecule has 0 saturated heterocycles. The summed E-state index contributed by atoms with van der Waals surface area (Å²) in [5, 5.41) is 2.57. The molecule has 2 heterocycles. The number of benzene rings is 1. The number of fused-ring (bicyclic) bond motifs is 1. The van der Waals surface area contributed by atoms with Crippen LogP contribution in [0.3, 0.4) is 0 Å². The van der Waals surface area contributed by atoms with Gasteiger partial charge in [0.15, 0.2) is 0 Å². The summed E-state index contributed by atoms with van der Waals surface area (Å²) >= 11 is 2.78. The van der Waals surface area contributed by atoms with E-state index in [1.165, 1.54) is 28.7 Å². The average molecular weight is 345 g/mol. The van der Waals surface area contributed by atoms with Gasteiger partial charge >= 0.3 is 0 Å². The molecule has 0 spiro atoms. The molecule has 2 aromatic heterocycles. The molecule has 0 unspecified atom stereocenters. The van der Waals surface area contributed by atoms with Crippen molar-refractivity contribution in [1.82, 2.24) is 9.97 Å². The highest BCUT2D eigenvalue weighted by atomic mass is 32.2. The molecule has 118 valence electrons. The van der Waals surface area contributed by atoms with E-state index in [0.29, 0.717) is 21.8 Å². The number of rotatable bonds is 5. The van der Waals surface area contributed by atoms with Gasteiger partial charge in [-0.2, -0.15) is 0 Å². The number of nitrogens with two attached hydrogens (primary N) is 1. The van der Waals surface area contributed by atoms with Crippen LogP contribution in [-0.2, 0) is 10.5 Å². The van der Waals surface area contributed by atoms with Crippen LogP contribution in [0.15, 0.2) is 34.4 Å². The van der Waals surface area contributed by atoms with E-state index >= 15 is 0 Å². The first kappa shape index (κ1) is 15.8. The number of nitrogens with one attached hydrogen (secondary N) is 1.